The van der Waals surface area contributed by atoms with Crippen LogP contribution in [0.4, 0.5) is 5.13 Å². The maximum atomic E-state index is 12.6. The van der Waals surface area contributed by atoms with E-state index in [2.05, 4.69) is 22.4 Å². The van der Waals surface area contributed by atoms with E-state index in [1.165, 1.54) is 24.5 Å². The fraction of sp³-hybridized carbons (Fsp3) is 0.250. The number of aryl methyl sites for hydroxylation is 1. The van der Waals surface area contributed by atoms with Crippen LogP contribution < -0.4 is 14.8 Å². The van der Waals surface area contributed by atoms with Gasteiger partial charge in [-0.2, -0.15) is 5.26 Å². The molecule has 0 bridgehead atoms. The van der Waals surface area contributed by atoms with Crippen LogP contribution in [0.25, 0.3) is 6.08 Å². The summed E-state index contributed by atoms with van der Waals surface area (Å²) in [6, 6.07) is 14.9. The Labute approximate surface area is 201 Å². The van der Waals surface area contributed by atoms with Gasteiger partial charge >= 0.3 is 0 Å². The van der Waals surface area contributed by atoms with Crippen molar-refractivity contribution in [2.75, 3.05) is 12.4 Å². The Hall–Kier alpha value is -3.41. The van der Waals surface area contributed by atoms with E-state index in [1.54, 1.807) is 12.1 Å². The molecule has 0 aliphatic heterocycles. The molecule has 0 saturated heterocycles. The number of carbonyl (C=O) groups excluding carboxylic acids is 1. The van der Waals surface area contributed by atoms with Crippen molar-refractivity contribution in [1.29, 1.82) is 5.26 Å². The molecule has 0 radical (unpaired) electrons. The number of nitrogens with zero attached hydrogens (tertiary/aromatic N) is 3. The van der Waals surface area contributed by atoms with Crippen molar-refractivity contribution < 1.29 is 14.3 Å². The Kier molecular flexibility index (Phi) is 8.81. The number of halogens is 1. The monoisotopic (exact) mass is 482 g/mol. The first-order valence-corrected chi connectivity index (χ1v) is 11.5. The number of hydrogen-bond acceptors (Lipinski definition) is 7. The molecule has 9 heteroatoms. The third kappa shape index (κ3) is 6.78. The van der Waals surface area contributed by atoms with Gasteiger partial charge in [-0.25, -0.2) is 0 Å². The van der Waals surface area contributed by atoms with Crippen molar-refractivity contribution in [2.45, 2.75) is 32.8 Å². The van der Waals surface area contributed by atoms with E-state index in [0.29, 0.717) is 33.8 Å². The molecule has 2 aromatic carbocycles. The van der Waals surface area contributed by atoms with Crippen LogP contribution in [-0.2, 0) is 17.8 Å². The number of ether oxygens (including phenoxy) is 2. The minimum Gasteiger partial charge on any atom is -0.493 e. The van der Waals surface area contributed by atoms with Gasteiger partial charge in [-0.1, -0.05) is 66.6 Å². The van der Waals surface area contributed by atoms with Crippen LogP contribution in [0, 0.1) is 11.3 Å². The highest BCUT2D eigenvalue weighted by atomic mass is 35.5. The van der Waals surface area contributed by atoms with Crippen LogP contribution in [0.2, 0.25) is 5.02 Å². The molecule has 1 amide bonds. The van der Waals surface area contributed by atoms with Crippen LogP contribution >= 0.6 is 22.9 Å². The van der Waals surface area contributed by atoms with Gasteiger partial charge in [-0.15, -0.1) is 10.2 Å². The van der Waals surface area contributed by atoms with E-state index in [1.807, 2.05) is 36.4 Å². The third-order valence-corrected chi connectivity index (χ3v) is 5.76. The van der Waals surface area contributed by atoms with E-state index >= 15 is 0 Å². The summed E-state index contributed by atoms with van der Waals surface area (Å²) in [5, 5.41) is 21.7. The van der Waals surface area contributed by atoms with Crippen molar-refractivity contribution in [2.24, 2.45) is 0 Å². The number of anilines is 1. The zero-order valence-electron chi connectivity index (χ0n) is 18.3. The van der Waals surface area contributed by atoms with Crippen LogP contribution in [0.3, 0.4) is 0 Å². The normalized spacial score (nSPS) is 11.0. The predicted molar refractivity (Wildman–Crippen MR) is 130 cm³/mol. The van der Waals surface area contributed by atoms with Crippen molar-refractivity contribution in [3.05, 3.63) is 69.2 Å². The lowest BCUT2D eigenvalue weighted by Gasteiger charge is -2.13. The number of hydrogen-bond donors (Lipinski definition) is 1. The van der Waals surface area contributed by atoms with Crippen molar-refractivity contribution in [1.82, 2.24) is 10.2 Å². The zero-order valence-corrected chi connectivity index (χ0v) is 19.9. The van der Waals surface area contributed by atoms with E-state index < -0.39 is 5.91 Å². The quantitative estimate of drug-likeness (QED) is 0.295. The topological polar surface area (TPSA) is 97.1 Å². The number of methoxy groups -OCH3 is 1. The maximum absolute atomic E-state index is 12.6. The molecule has 0 saturated carbocycles. The summed E-state index contributed by atoms with van der Waals surface area (Å²) in [4.78, 5) is 12.6. The van der Waals surface area contributed by atoms with Gasteiger partial charge in [0.1, 0.15) is 23.3 Å². The Balaban J connectivity index is 1.75. The molecule has 1 N–H and O–H groups in total. The van der Waals surface area contributed by atoms with E-state index in [4.69, 9.17) is 21.1 Å². The number of amides is 1. The van der Waals surface area contributed by atoms with Gasteiger partial charge in [0.2, 0.25) is 5.13 Å². The number of unbranched alkanes of at least 4 members (excludes halogenated alkanes) is 1. The van der Waals surface area contributed by atoms with Gasteiger partial charge in [0.05, 0.1) is 12.1 Å². The molecule has 1 heterocycles. The lowest BCUT2D eigenvalue weighted by atomic mass is 10.1. The Morgan fingerprint density at radius 3 is 2.76 bits per heavy atom. The fourth-order valence-corrected chi connectivity index (χ4v) is 3.96. The van der Waals surface area contributed by atoms with Crippen LogP contribution in [0.5, 0.6) is 11.5 Å². The lowest BCUT2D eigenvalue weighted by Crippen LogP contribution is -2.13. The molecule has 0 unspecified atom stereocenters. The molecular formula is C24H23ClN4O3S. The van der Waals surface area contributed by atoms with Crippen molar-refractivity contribution in [3.63, 3.8) is 0 Å². The number of aromatic nitrogens is 2. The van der Waals surface area contributed by atoms with Gasteiger partial charge in [0, 0.05) is 6.42 Å². The molecule has 1 aromatic heterocycles. The molecule has 3 rings (SSSR count). The molecule has 0 atom stereocenters. The second-order valence-electron chi connectivity index (χ2n) is 7.04. The summed E-state index contributed by atoms with van der Waals surface area (Å²) in [6.07, 6.45) is 4.29. The second-order valence-corrected chi connectivity index (χ2v) is 8.51. The first-order chi connectivity index (χ1) is 16.0. The smallest absolute Gasteiger partial charge is 0.268 e. The fourth-order valence-electron chi connectivity index (χ4n) is 2.91. The average Bonchev–Trinajstić information content (AvgIpc) is 3.27. The molecule has 0 aliphatic rings. The molecular weight excluding hydrogens is 460 g/mol. The Morgan fingerprint density at radius 2 is 2.06 bits per heavy atom. The largest absolute Gasteiger partial charge is 0.493 e. The molecule has 0 spiro atoms. The molecule has 170 valence electrons. The van der Waals surface area contributed by atoms with Crippen LogP contribution in [0.1, 0.15) is 35.9 Å². The highest BCUT2D eigenvalue weighted by Crippen LogP contribution is 2.37. The van der Waals surface area contributed by atoms with Gasteiger partial charge < -0.3 is 9.47 Å². The summed E-state index contributed by atoms with van der Waals surface area (Å²) in [5.74, 6) is 0.207. The standard InChI is InChI=1S/C24H23ClN4O3S/c1-3-4-10-21-28-29-24(33-21)27-23(30)18(14-26)11-17-12-19(25)22(20(13-17)31-2)32-15-16-8-6-5-7-9-16/h5-9,11-13H,3-4,10,15H2,1-2H3,(H,27,29,30)/b18-11-. The SMILES string of the molecule is CCCCc1nnc(NC(=O)/C(C#N)=C\c2cc(Cl)c(OCc3ccccc3)c(OC)c2)s1. The summed E-state index contributed by atoms with van der Waals surface area (Å²) >= 11 is 7.73. The van der Waals surface area contributed by atoms with Crippen LogP contribution in [-0.4, -0.2) is 23.2 Å². The van der Waals surface area contributed by atoms with Crippen LogP contribution in [0.15, 0.2) is 48.0 Å². The summed E-state index contributed by atoms with van der Waals surface area (Å²) in [7, 11) is 1.50. The van der Waals surface area contributed by atoms with Crippen molar-refractivity contribution in [3.8, 4) is 17.6 Å². The highest BCUT2D eigenvalue weighted by molar-refractivity contribution is 7.15. The number of carbonyl (C=O) groups is 1. The Bertz CT molecular complexity index is 1170. The average molecular weight is 483 g/mol. The molecule has 0 aliphatic carbocycles. The van der Waals surface area contributed by atoms with Gasteiger partial charge in [-0.05, 0) is 35.8 Å². The number of benzene rings is 2. The minimum absolute atomic E-state index is 0.101. The molecule has 7 nitrogen and oxygen atoms in total. The molecule has 33 heavy (non-hydrogen) atoms. The number of rotatable bonds is 10. The second kappa shape index (κ2) is 12.0. The third-order valence-electron chi connectivity index (χ3n) is 4.59. The predicted octanol–water partition coefficient (Wildman–Crippen LogP) is 5.67. The molecule has 0 fully saturated rings. The summed E-state index contributed by atoms with van der Waals surface area (Å²) in [5.41, 5.74) is 1.41. The van der Waals surface area contributed by atoms with E-state index in [9.17, 15) is 10.1 Å². The zero-order chi connectivity index (χ0) is 23.6. The highest BCUT2D eigenvalue weighted by Gasteiger charge is 2.16. The lowest BCUT2D eigenvalue weighted by molar-refractivity contribution is -0.112. The first-order valence-electron chi connectivity index (χ1n) is 10.3. The number of nitriles is 1. The van der Waals surface area contributed by atoms with E-state index in [-0.39, 0.29) is 5.57 Å². The summed E-state index contributed by atoms with van der Waals surface area (Å²) in [6.45, 7) is 2.41. The number of nitrogens with one attached hydrogen (secondary N) is 1. The van der Waals surface area contributed by atoms with Gasteiger partial charge in [-0.3, -0.25) is 10.1 Å². The van der Waals surface area contributed by atoms with Gasteiger partial charge in [0.15, 0.2) is 11.5 Å². The maximum Gasteiger partial charge on any atom is 0.268 e. The van der Waals surface area contributed by atoms with Gasteiger partial charge in [0.25, 0.3) is 5.91 Å². The van der Waals surface area contributed by atoms with E-state index in [0.717, 1.165) is 29.8 Å². The minimum atomic E-state index is -0.574. The Morgan fingerprint density at radius 1 is 1.27 bits per heavy atom. The summed E-state index contributed by atoms with van der Waals surface area (Å²) < 4.78 is 11.3. The van der Waals surface area contributed by atoms with Crippen molar-refractivity contribution >= 4 is 40.1 Å². The first kappa shape index (κ1) is 24.2. The molecule has 3 aromatic rings.